The average molecular weight is 324 g/mol. The van der Waals surface area contributed by atoms with Crippen molar-refractivity contribution in [2.45, 2.75) is 37.8 Å². The van der Waals surface area contributed by atoms with Gasteiger partial charge < -0.3 is 4.74 Å². The Morgan fingerprint density at radius 3 is 2.50 bits per heavy atom. The van der Waals surface area contributed by atoms with Crippen LogP contribution in [0.25, 0.3) is 0 Å². The van der Waals surface area contributed by atoms with Crippen LogP contribution in [0.2, 0.25) is 5.02 Å². The summed E-state index contributed by atoms with van der Waals surface area (Å²) < 4.78 is 5.88. The lowest BCUT2D eigenvalue weighted by Crippen LogP contribution is -2.21. The zero-order valence-corrected chi connectivity index (χ0v) is 12.8. The molecule has 0 amide bonds. The summed E-state index contributed by atoms with van der Waals surface area (Å²) in [4.78, 5) is 1.53. The average Bonchev–Trinajstić information content (AvgIpc) is 2.73. The lowest BCUT2D eigenvalue weighted by atomic mass is 9.86. The van der Waals surface area contributed by atoms with Gasteiger partial charge in [0.2, 0.25) is 0 Å². The first-order chi connectivity index (χ1) is 7.52. The van der Waals surface area contributed by atoms with Crippen molar-refractivity contribution in [1.29, 1.82) is 0 Å². The van der Waals surface area contributed by atoms with E-state index in [9.17, 15) is 0 Å². The zero-order chi connectivity index (χ0) is 11.9. The Morgan fingerprint density at radius 2 is 2.06 bits per heavy atom. The molecule has 2 rings (SSSR count). The first kappa shape index (κ1) is 12.9. The van der Waals surface area contributed by atoms with Gasteiger partial charge in [-0.05, 0) is 31.2 Å². The molecule has 0 aromatic carbocycles. The number of thiophene rings is 1. The summed E-state index contributed by atoms with van der Waals surface area (Å²) in [6, 6.07) is 1.96. The molecule has 1 aliphatic rings. The molecule has 0 aliphatic carbocycles. The first-order valence-corrected chi connectivity index (χ1v) is 7.72. The van der Waals surface area contributed by atoms with E-state index in [-0.39, 0.29) is 6.10 Å². The molecule has 1 aliphatic heterocycles. The number of hydrogen-bond donors (Lipinski definition) is 0. The molecule has 1 aromatic rings. The number of hydrogen-bond acceptors (Lipinski definition) is 2. The van der Waals surface area contributed by atoms with E-state index in [1.807, 2.05) is 11.4 Å². The van der Waals surface area contributed by atoms with E-state index >= 15 is 0 Å². The first-order valence-electron chi connectivity index (χ1n) is 5.54. The van der Waals surface area contributed by atoms with Crippen LogP contribution in [0, 0.1) is 11.8 Å². The van der Waals surface area contributed by atoms with Crippen LogP contribution in [0.1, 0.15) is 30.5 Å². The van der Waals surface area contributed by atoms with Crippen LogP contribution >= 0.6 is 38.9 Å². The third-order valence-electron chi connectivity index (χ3n) is 3.55. The van der Waals surface area contributed by atoms with Gasteiger partial charge in [-0.3, -0.25) is 0 Å². The molecule has 1 nitrogen and oxygen atoms in total. The Morgan fingerprint density at radius 1 is 1.38 bits per heavy atom. The number of rotatable bonds is 2. The van der Waals surface area contributed by atoms with E-state index in [1.165, 1.54) is 4.88 Å². The van der Waals surface area contributed by atoms with Gasteiger partial charge in [0.1, 0.15) is 0 Å². The summed E-state index contributed by atoms with van der Waals surface area (Å²) in [7, 11) is 0. The quantitative estimate of drug-likeness (QED) is 0.704. The summed E-state index contributed by atoms with van der Waals surface area (Å²) in [5, 5.41) is 2.91. The van der Waals surface area contributed by atoms with Gasteiger partial charge in [-0.2, -0.15) is 0 Å². The third-order valence-corrected chi connectivity index (χ3v) is 6.36. The van der Waals surface area contributed by atoms with Crippen LogP contribution in [0.4, 0.5) is 0 Å². The van der Waals surface area contributed by atoms with E-state index < -0.39 is 0 Å². The van der Waals surface area contributed by atoms with Crippen molar-refractivity contribution in [3.63, 3.8) is 0 Å². The molecule has 90 valence electrons. The Bertz CT molecular complexity index is 368. The zero-order valence-electron chi connectivity index (χ0n) is 9.61. The summed E-state index contributed by atoms with van der Waals surface area (Å²) in [6.45, 7) is 6.56. The summed E-state index contributed by atoms with van der Waals surface area (Å²) >= 11 is 11.7. The highest BCUT2D eigenvalue weighted by Gasteiger charge is 2.42. The molecule has 1 fully saturated rings. The van der Waals surface area contributed by atoms with Gasteiger partial charge in [0.15, 0.2) is 0 Å². The number of ether oxygens (including phenoxy) is 1. The molecule has 5 atom stereocenters. The molecule has 0 N–H and O–H groups in total. The van der Waals surface area contributed by atoms with Crippen LogP contribution in [0.5, 0.6) is 0 Å². The number of alkyl halides is 1. The molecule has 2 heterocycles. The fraction of sp³-hybridized carbons (Fsp3) is 0.667. The van der Waals surface area contributed by atoms with E-state index in [0.717, 1.165) is 5.02 Å². The minimum atomic E-state index is 0.285. The van der Waals surface area contributed by atoms with Gasteiger partial charge in [-0.25, -0.2) is 0 Å². The van der Waals surface area contributed by atoms with Crippen molar-refractivity contribution in [2.75, 3.05) is 0 Å². The largest absolute Gasteiger partial charge is 0.375 e. The Balaban J connectivity index is 2.22. The van der Waals surface area contributed by atoms with Crippen molar-refractivity contribution in [2.24, 2.45) is 11.8 Å². The summed E-state index contributed by atoms with van der Waals surface area (Å²) in [5.41, 5.74) is 0. The van der Waals surface area contributed by atoms with Crippen LogP contribution < -0.4 is 0 Å². The van der Waals surface area contributed by atoms with Gasteiger partial charge in [0.25, 0.3) is 0 Å². The minimum Gasteiger partial charge on any atom is -0.375 e. The molecular weight excluding hydrogens is 308 g/mol. The van der Waals surface area contributed by atoms with Crippen molar-refractivity contribution in [3.05, 3.63) is 21.3 Å². The van der Waals surface area contributed by atoms with E-state index in [2.05, 4.69) is 36.7 Å². The Hall–Kier alpha value is 0.430. The SMILES string of the molecule is CC1OC(C)C(C(Br)c2sccc2Cl)C1C. The van der Waals surface area contributed by atoms with E-state index in [4.69, 9.17) is 16.3 Å². The monoisotopic (exact) mass is 322 g/mol. The standard InChI is InChI=1S/C12H16BrClOS/c1-6-7(2)15-8(3)10(6)11(13)12-9(14)4-5-16-12/h4-8,10-11H,1-3H3. The third kappa shape index (κ3) is 2.20. The molecule has 1 saturated heterocycles. The van der Waals surface area contributed by atoms with Crippen LogP contribution in [0.3, 0.4) is 0 Å². The molecule has 0 spiro atoms. The molecule has 16 heavy (non-hydrogen) atoms. The lowest BCUT2D eigenvalue weighted by Gasteiger charge is -2.23. The topological polar surface area (TPSA) is 9.23 Å². The highest BCUT2D eigenvalue weighted by Crippen LogP contribution is 2.48. The van der Waals surface area contributed by atoms with Crippen molar-refractivity contribution < 1.29 is 4.74 Å². The van der Waals surface area contributed by atoms with Crippen molar-refractivity contribution >= 4 is 38.9 Å². The fourth-order valence-corrected chi connectivity index (χ4v) is 5.30. The second-order valence-electron chi connectivity index (χ2n) is 4.52. The second kappa shape index (κ2) is 4.97. The molecular formula is C12H16BrClOS. The molecule has 5 unspecified atom stereocenters. The van der Waals surface area contributed by atoms with Crippen LogP contribution in [-0.2, 0) is 4.74 Å². The molecule has 0 saturated carbocycles. The predicted molar refractivity (Wildman–Crippen MR) is 73.7 cm³/mol. The van der Waals surface area contributed by atoms with E-state index in [1.54, 1.807) is 11.3 Å². The highest BCUT2D eigenvalue weighted by molar-refractivity contribution is 9.09. The summed E-state index contributed by atoms with van der Waals surface area (Å²) in [6.07, 6.45) is 0.617. The maximum Gasteiger partial charge on any atom is 0.0596 e. The summed E-state index contributed by atoms with van der Waals surface area (Å²) in [5.74, 6) is 1.05. The lowest BCUT2D eigenvalue weighted by molar-refractivity contribution is 0.0511. The normalized spacial score (nSPS) is 36.6. The van der Waals surface area contributed by atoms with Gasteiger partial charge in [-0.15, -0.1) is 11.3 Å². The maximum atomic E-state index is 6.18. The van der Waals surface area contributed by atoms with Crippen molar-refractivity contribution in [3.8, 4) is 0 Å². The van der Waals surface area contributed by atoms with Gasteiger partial charge in [0.05, 0.1) is 22.1 Å². The van der Waals surface area contributed by atoms with Crippen LogP contribution in [0.15, 0.2) is 11.4 Å². The highest BCUT2D eigenvalue weighted by atomic mass is 79.9. The van der Waals surface area contributed by atoms with Crippen molar-refractivity contribution in [1.82, 2.24) is 0 Å². The number of halogens is 2. The molecule has 1 aromatic heterocycles. The molecule has 0 bridgehead atoms. The minimum absolute atomic E-state index is 0.285. The predicted octanol–water partition coefficient (Wildman–Crippen LogP) is 4.90. The Kier molecular flexibility index (Phi) is 4.00. The fourth-order valence-electron chi connectivity index (χ4n) is 2.48. The Labute approximate surface area is 114 Å². The van der Waals surface area contributed by atoms with E-state index in [0.29, 0.717) is 22.8 Å². The van der Waals surface area contributed by atoms with Gasteiger partial charge in [0, 0.05) is 10.8 Å². The molecule has 0 radical (unpaired) electrons. The second-order valence-corrected chi connectivity index (χ2v) is 6.86. The molecule has 4 heteroatoms. The smallest absolute Gasteiger partial charge is 0.0596 e. The maximum absolute atomic E-state index is 6.18. The van der Waals surface area contributed by atoms with Gasteiger partial charge >= 0.3 is 0 Å². The van der Waals surface area contributed by atoms with Crippen LogP contribution in [-0.4, -0.2) is 12.2 Å². The van der Waals surface area contributed by atoms with Gasteiger partial charge in [-0.1, -0.05) is 34.5 Å².